The molecule has 0 amide bonds. The molecule has 3 N–H and O–H groups in total. The fourth-order valence-corrected chi connectivity index (χ4v) is 1.57. The van der Waals surface area contributed by atoms with Crippen LogP contribution in [0.1, 0.15) is 34.3 Å². The molecule has 0 spiro atoms. The molecular formula is C12H16FNO2. The first kappa shape index (κ1) is 12.6. The van der Waals surface area contributed by atoms with Crippen molar-refractivity contribution in [3.63, 3.8) is 0 Å². The Bertz CT molecular complexity index is 391. The largest absolute Gasteiger partial charge is 0.478 e. The first-order chi connectivity index (χ1) is 7.56. The highest BCUT2D eigenvalue weighted by Gasteiger charge is 2.12. The SMILES string of the molecule is Cc1c(F)cc(CCCCN)cc1C(=O)O. The molecule has 0 aliphatic rings. The van der Waals surface area contributed by atoms with E-state index < -0.39 is 11.8 Å². The van der Waals surface area contributed by atoms with Gasteiger partial charge in [-0.05, 0) is 56.0 Å². The van der Waals surface area contributed by atoms with Crippen LogP contribution in [0.15, 0.2) is 12.1 Å². The monoisotopic (exact) mass is 225 g/mol. The van der Waals surface area contributed by atoms with Crippen molar-refractivity contribution in [3.05, 3.63) is 34.6 Å². The summed E-state index contributed by atoms with van der Waals surface area (Å²) in [6, 6.07) is 2.94. The van der Waals surface area contributed by atoms with Gasteiger partial charge in [-0.1, -0.05) is 0 Å². The van der Waals surface area contributed by atoms with Gasteiger partial charge in [-0.15, -0.1) is 0 Å². The fraction of sp³-hybridized carbons (Fsp3) is 0.417. The second-order valence-electron chi connectivity index (χ2n) is 3.80. The van der Waals surface area contributed by atoms with Crippen molar-refractivity contribution in [2.24, 2.45) is 5.73 Å². The van der Waals surface area contributed by atoms with Crippen molar-refractivity contribution >= 4 is 5.97 Å². The van der Waals surface area contributed by atoms with E-state index in [1.165, 1.54) is 19.1 Å². The van der Waals surface area contributed by atoms with Crippen LogP contribution in [-0.2, 0) is 6.42 Å². The Morgan fingerprint density at radius 2 is 2.12 bits per heavy atom. The van der Waals surface area contributed by atoms with Crippen LogP contribution < -0.4 is 5.73 Å². The Morgan fingerprint density at radius 1 is 1.44 bits per heavy atom. The standard InChI is InChI=1S/C12H16FNO2/c1-8-10(12(15)16)6-9(7-11(8)13)4-2-3-5-14/h6-7H,2-5,14H2,1H3,(H,15,16). The molecule has 0 saturated heterocycles. The van der Waals surface area contributed by atoms with Gasteiger partial charge in [0.05, 0.1) is 5.56 Å². The molecular weight excluding hydrogens is 209 g/mol. The van der Waals surface area contributed by atoms with Gasteiger partial charge in [0, 0.05) is 0 Å². The van der Waals surface area contributed by atoms with Crippen molar-refractivity contribution in [1.29, 1.82) is 0 Å². The molecule has 4 heteroatoms. The maximum Gasteiger partial charge on any atom is 0.336 e. The van der Waals surface area contributed by atoms with E-state index in [1.54, 1.807) is 0 Å². The highest BCUT2D eigenvalue weighted by Crippen LogP contribution is 2.17. The third-order valence-electron chi connectivity index (χ3n) is 2.55. The minimum absolute atomic E-state index is 0.0442. The van der Waals surface area contributed by atoms with E-state index in [0.717, 1.165) is 12.8 Å². The van der Waals surface area contributed by atoms with Crippen molar-refractivity contribution < 1.29 is 14.3 Å². The van der Waals surface area contributed by atoms with Gasteiger partial charge in [0.1, 0.15) is 5.82 Å². The highest BCUT2D eigenvalue weighted by atomic mass is 19.1. The number of benzene rings is 1. The summed E-state index contributed by atoms with van der Waals surface area (Å²) in [6.45, 7) is 2.07. The second-order valence-corrected chi connectivity index (χ2v) is 3.80. The average Bonchev–Trinajstić information content (AvgIpc) is 2.23. The zero-order chi connectivity index (χ0) is 12.1. The molecule has 0 aliphatic heterocycles. The van der Waals surface area contributed by atoms with E-state index in [1.807, 2.05) is 0 Å². The first-order valence-corrected chi connectivity index (χ1v) is 5.28. The summed E-state index contributed by atoms with van der Waals surface area (Å²) in [5.74, 6) is -1.54. The summed E-state index contributed by atoms with van der Waals surface area (Å²) >= 11 is 0. The van der Waals surface area contributed by atoms with Crippen molar-refractivity contribution in [3.8, 4) is 0 Å². The van der Waals surface area contributed by atoms with E-state index in [-0.39, 0.29) is 11.1 Å². The Hall–Kier alpha value is -1.42. The minimum atomic E-state index is -1.09. The third-order valence-corrected chi connectivity index (χ3v) is 2.55. The lowest BCUT2D eigenvalue weighted by atomic mass is 10.0. The van der Waals surface area contributed by atoms with Gasteiger partial charge < -0.3 is 10.8 Å². The molecule has 0 aliphatic carbocycles. The summed E-state index contributed by atoms with van der Waals surface area (Å²) < 4.78 is 13.4. The molecule has 0 heterocycles. The molecule has 0 fully saturated rings. The lowest BCUT2D eigenvalue weighted by Crippen LogP contribution is -2.04. The zero-order valence-electron chi connectivity index (χ0n) is 9.29. The van der Waals surface area contributed by atoms with Crippen LogP contribution in [-0.4, -0.2) is 17.6 Å². The lowest BCUT2D eigenvalue weighted by Gasteiger charge is -2.07. The van der Waals surface area contributed by atoms with E-state index in [2.05, 4.69) is 0 Å². The normalized spacial score (nSPS) is 10.4. The van der Waals surface area contributed by atoms with Crippen LogP contribution in [0.5, 0.6) is 0 Å². The number of hydrogen-bond donors (Lipinski definition) is 2. The summed E-state index contributed by atoms with van der Waals surface area (Å²) in [5.41, 5.74) is 6.31. The molecule has 0 aromatic heterocycles. The highest BCUT2D eigenvalue weighted by molar-refractivity contribution is 5.89. The van der Waals surface area contributed by atoms with Crippen LogP contribution in [0.3, 0.4) is 0 Å². The number of carbonyl (C=O) groups is 1. The molecule has 0 radical (unpaired) electrons. The van der Waals surface area contributed by atoms with Crippen molar-refractivity contribution in [2.45, 2.75) is 26.2 Å². The number of hydrogen-bond acceptors (Lipinski definition) is 2. The molecule has 88 valence electrons. The molecule has 0 bridgehead atoms. The zero-order valence-corrected chi connectivity index (χ0v) is 9.29. The molecule has 3 nitrogen and oxygen atoms in total. The smallest absolute Gasteiger partial charge is 0.336 e. The number of carboxylic acids is 1. The van der Waals surface area contributed by atoms with E-state index in [9.17, 15) is 9.18 Å². The predicted octanol–water partition coefficient (Wildman–Crippen LogP) is 2.11. The first-order valence-electron chi connectivity index (χ1n) is 5.28. The van der Waals surface area contributed by atoms with Crippen LogP contribution >= 0.6 is 0 Å². The van der Waals surface area contributed by atoms with Crippen molar-refractivity contribution in [1.82, 2.24) is 0 Å². The van der Waals surface area contributed by atoms with E-state index in [4.69, 9.17) is 10.8 Å². The minimum Gasteiger partial charge on any atom is -0.478 e. The molecule has 0 unspecified atom stereocenters. The summed E-state index contributed by atoms with van der Waals surface area (Å²) in [6.07, 6.45) is 2.37. The van der Waals surface area contributed by atoms with Gasteiger partial charge in [0.25, 0.3) is 0 Å². The van der Waals surface area contributed by atoms with Crippen LogP contribution in [0.2, 0.25) is 0 Å². The maximum atomic E-state index is 13.4. The van der Waals surface area contributed by atoms with Gasteiger partial charge in [0.2, 0.25) is 0 Å². The predicted molar refractivity (Wildman–Crippen MR) is 60.1 cm³/mol. The average molecular weight is 225 g/mol. The van der Waals surface area contributed by atoms with E-state index >= 15 is 0 Å². The molecule has 16 heavy (non-hydrogen) atoms. The molecule has 1 aromatic rings. The molecule has 1 rings (SSSR count). The Morgan fingerprint density at radius 3 is 2.69 bits per heavy atom. The number of aromatic carboxylic acids is 1. The van der Waals surface area contributed by atoms with Crippen LogP contribution in [0, 0.1) is 12.7 Å². The summed E-state index contributed by atoms with van der Waals surface area (Å²) in [5, 5.41) is 8.90. The number of aryl methyl sites for hydroxylation is 1. The number of carboxylic acid groups (broad SMARTS) is 1. The molecule has 1 aromatic carbocycles. The van der Waals surface area contributed by atoms with Crippen LogP contribution in [0.25, 0.3) is 0 Å². The second kappa shape index (κ2) is 5.61. The van der Waals surface area contributed by atoms with Gasteiger partial charge >= 0.3 is 5.97 Å². The van der Waals surface area contributed by atoms with Gasteiger partial charge in [-0.3, -0.25) is 0 Å². The maximum absolute atomic E-state index is 13.4. The van der Waals surface area contributed by atoms with Crippen molar-refractivity contribution in [2.75, 3.05) is 6.54 Å². The van der Waals surface area contributed by atoms with Gasteiger partial charge in [-0.2, -0.15) is 0 Å². The lowest BCUT2D eigenvalue weighted by molar-refractivity contribution is 0.0695. The van der Waals surface area contributed by atoms with Gasteiger partial charge in [-0.25, -0.2) is 9.18 Å². The quantitative estimate of drug-likeness (QED) is 0.754. The van der Waals surface area contributed by atoms with Crippen LogP contribution in [0.4, 0.5) is 4.39 Å². The topological polar surface area (TPSA) is 63.3 Å². The number of halogens is 1. The number of rotatable bonds is 5. The Labute approximate surface area is 94.1 Å². The molecule has 0 atom stereocenters. The summed E-state index contributed by atoms with van der Waals surface area (Å²) in [7, 11) is 0. The summed E-state index contributed by atoms with van der Waals surface area (Å²) in [4.78, 5) is 10.9. The van der Waals surface area contributed by atoms with Gasteiger partial charge in [0.15, 0.2) is 0 Å². The fourth-order valence-electron chi connectivity index (χ4n) is 1.57. The number of unbranched alkanes of at least 4 members (excludes halogenated alkanes) is 1. The Balaban J connectivity index is 2.91. The number of nitrogens with two attached hydrogens (primary N) is 1. The third kappa shape index (κ3) is 3.03. The Kier molecular flexibility index (Phi) is 4.43. The van der Waals surface area contributed by atoms with E-state index in [0.29, 0.717) is 18.5 Å². The molecule has 0 saturated carbocycles.